The van der Waals surface area contributed by atoms with Gasteiger partial charge < -0.3 is 10.4 Å². The van der Waals surface area contributed by atoms with Gasteiger partial charge >= 0.3 is 5.97 Å². The molecule has 1 amide bonds. The molecule has 0 saturated heterocycles. The molecule has 4 heteroatoms. The molecule has 0 heterocycles. The molecule has 0 unspecified atom stereocenters. The zero-order valence-corrected chi connectivity index (χ0v) is 8.13. The fourth-order valence-electron chi connectivity index (χ4n) is 0.735. The molecule has 0 fully saturated rings. The molecule has 2 N–H and O–H groups in total. The molecule has 74 valence electrons. The molecule has 0 aromatic carbocycles. The Bertz CT molecular complexity index is 231. The van der Waals surface area contributed by atoms with E-state index in [-0.39, 0.29) is 11.6 Å². The van der Waals surface area contributed by atoms with Gasteiger partial charge in [0.25, 0.3) is 0 Å². The Kier molecular flexibility index (Phi) is 4.80. The van der Waals surface area contributed by atoms with Crippen molar-refractivity contribution < 1.29 is 14.7 Å². The van der Waals surface area contributed by atoms with Gasteiger partial charge in [-0.15, -0.1) is 0 Å². The summed E-state index contributed by atoms with van der Waals surface area (Å²) in [6.07, 6.45) is 2.16. The van der Waals surface area contributed by atoms with Gasteiger partial charge in [0.15, 0.2) is 0 Å². The third-order valence-corrected chi connectivity index (χ3v) is 1.33. The van der Waals surface area contributed by atoms with E-state index in [0.29, 0.717) is 12.3 Å². The van der Waals surface area contributed by atoms with Crippen molar-refractivity contribution in [3.8, 4) is 0 Å². The Hall–Kier alpha value is -1.32. The van der Waals surface area contributed by atoms with E-state index < -0.39 is 5.97 Å². The van der Waals surface area contributed by atoms with E-state index in [1.807, 2.05) is 13.8 Å². The molecule has 0 bridgehead atoms. The van der Waals surface area contributed by atoms with Crippen LogP contribution in [-0.2, 0) is 9.59 Å². The number of allylic oxidation sites excluding steroid dienone is 1. The van der Waals surface area contributed by atoms with Crippen LogP contribution in [0.25, 0.3) is 0 Å². The van der Waals surface area contributed by atoms with Crippen LogP contribution in [0.4, 0.5) is 0 Å². The van der Waals surface area contributed by atoms with Crippen LogP contribution in [0.5, 0.6) is 0 Å². The highest BCUT2D eigenvalue weighted by molar-refractivity contribution is 5.91. The molecule has 0 spiro atoms. The summed E-state index contributed by atoms with van der Waals surface area (Å²) < 4.78 is 0. The molecule has 0 rings (SSSR count). The molecule has 0 atom stereocenters. The topological polar surface area (TPSA) is 66.4 Å². The van der Waals surface area contributed by atoms with E-state index in [1.165, 1.54) is 13.0 Å². The molecule has 0 saturated carbocycles. The van der Waals surface area contributed by atoms with Gasteiger partial charge in [0.2, 0.25) is 5.91 Å². The van der Waals surface area contributed by atoms with E-state index in [9.17, 15) is 9.59 Å². The van der Waals surface area contributed by atoms with Crippen molar-refractivity contribution in [3.05, 3.63) is 11.8 Å². The van der Waals surface area contributed by atoms with E-state index >= 15 is 0 Å². The maximum Gasteiger partial charge on any atom is 0.352 e. The number of rotatable bonds is 4. The number of carbonyl (C=O) groups is 2. The Morgan fingerprint density at radius 3 is 2.31 bits per heavy atom. The molecule has 4 nitrogen and oxygen atoms in total. The number of carboxylic acid groups (broad SMARTS) is 1. The lowest BCUT2D eigenvalue weighted by Crippen LogP contribution is -2.24. The van der Waals surface area contributed by atoms with E-state index in [2.05, 4.69) is 5.32 Å². The maximum atomic E-state index is 10.6. The van der Waals surface area contributed by atoms with Crippen LogP contribution in [0, 0.1) is 5.92 Å². The van der Waals surface area contributed by atoms with Crippen molar-refractivity contribution in [2.24, 2.45) is 5.92 Å². The summed E-state index contributed by atoms with van der Waals surface area (Å²) in [5.74, 6) is -1.09. The average molecular weight is 185 g/mol. The summed E-state index contributed by atoms with van der Waals surface area (Å²) >= 11 is 0. The summed E-state index contributed by atoms with van der Waals surface area (Å²) in [5, 5.41) is 10.9. The van der Waals surface area contributed by atoms with E-state index in [0.717, 1.165) is 0 Å². The van der Waals surface area contributed by atoms with Gasteiger partial charge in [-0.05, 0) is 12.3 Å². The van der Waals surface area contributed by atoms with Crippen molar-refractivity contribution in [3.63, 3.8) is 0 Å². The minimum atomic E-state index is -1.10. The first-order valence-electron chi connectivity index (χ1n) is 4.14. The first-order valence-corrected chi connectivity index (χ1v) is 4.14. The Morgan fingerprint density at radius 1 is 1.46 bits per heavy atom. The van der Waals surface area contributed by atoms with Crippen LogP contribution in [-0.4, -0.2) is 17.0 Å². The lowest BCUT2D eigenvalue weighted by Gasteiger charge is -2.03. The van der Waals surface area contributed by atoms with Crippen LogP contribution in [0.2, 0.25) is 0 Å². The van der Waals surface area contributed by atoms with Gasteiger partial charge in [-0.3, -0.25) is 4.79 Å². The summed E-state index contributed by atoms with van der Waals surface area (Å²) in [6, 6.07) is 0. The SMILES string of the molecule is CC(=O)N/C(=C\CC(C)C)C(=O)O. The maximum absolute atomic E-state index is 10.6. The fourth-order valence-corrected chi connectivity index (χ4v) is 0.735. The second-order valence-corrected chi connectivity index (χ2v) is 3.23. The number of nitrogens with one attached hydrogen (secondary N) is 1. The van der Waals surface area contributed by atoms with Crippen molar-refractivity contribution >= 4 is 11.9 Å². The minimum absolute atomic E-state index is 0.0406. The standard InChI is InChI=1S/C9H15NO3/c1-6(2)4-5-8(9(12)13)10-7(3)11/h5-6H,4H2,1-3H3,(H,10,11)(H,12,13)/b8-5-. The monoisotopic (exact) mass is 185 g/mol. The third-order valence-electron chi connectivity index (χ3n) is 1.33. The van der Waals surface area contributed by atoms with Crippen molar-refractivity contribution in [1.29, 1.82) is 0 Å². The minimum Gasteiger partial charge on any atom is -0.477 e. The molecule has 0 aliphatic carbocycles. The zero-order valence-electron chi connectivity index (χ0n) is 8.13. The van der Waals surface area contributed by atoms with Crippen molar-refractivity contribution in [2.45, 2.75) is 27.2 Å². The van der Waals surface area contributed by atoms with Crippen LogP contribution >= 0.6 is 0 Å². The number of carboxylic acids is 1. The number of hydrogen-bond donors (Lipinski definition) is 2. The molecule has 0 aromatic rings. The van der Waals surface area contributed by atoms with E-state index in [4.69, 9.17) is 5.11 Å². The first-order chi connectivity index (χ1) is 5.93. The van der Waals surface area contributed by atoms with Crippen LogP contribution in [0.3, 0.4) is 0 Å². The van der Waals surface area contributed by atoms with Crippen molar-refractivity contribution in [1.82, 2.24) is 5.32 Å². The molecular formula is C9H15NO3. The first kappa shape index (κ1) is 11.7. The molecule has 13 heavy (non-hydrogen) atoms. The predicted octanol–water partition coefficient (Wildman–Crippen LogP) is 1.14. The van der Waals surface area contributed by atoms with Gasteiger partial charge in [0.05, 0.1) is 0 Å². The summed E-state index contributed by atoms with van der Waals surface area (Å²) in [5.41, 5.74) is -0.0406. The highest BCUT2D eigenvalue weighted by Crippen LogP contribution is 2.02. The lowest BCUT2D eigenvalue weighted by molar-refractivity contribution is -0.134. The van der Waals surface area contributed by atoms with Gasteiger partial charge in [-0.1, -0.05) is 19.9 Å². The third kappa shape index (κ3) is 5.90. The summed E-state index contributed by atoms with van der Waals surface area (Å²) in [6.45, 7) is 5.24. The molecule has 0 aliphatic rings. The van der Waals surface area contributed by atoms with Crippen LogP contribution < -0.4 is 5.32 Å². The Balaban J connectivity index is 4.32. The van der Waals surface area contributed by atoms with Crippen LogP contribution in [0.15, 0.2) is 11.8 Å². The van der Waals surface area contributed by atoms with Crippen LogP contribution in [0.1, 0.15) is 27.2 Å². The molecular weight excluding hydrogens is 170 g/mol. The summed E-state index contributed by atoms with van der Waals surface area (Å²) in [7, 11) is 0. The lowest BCUT2D eigenvalue weighted by atomic mass is 10.1. The molecule has 0 aromatic heterocycles. The normalized spacial score (nSPS) is 11.5. The Morgan fingerprint density at radius 2 is 2.00 bits per heavy atom. The van der Waals surface area contributed by atoms with Crippen molar-refractivity contribution in [2.75, 3.05) is 0 Å². The quantitative estimate of drug-likeness (QED) is 0.645. The second kappa shape index (κ2) is 5.35. The fraction of sp³-hybridized carbons (Fsp3) is 0.556. The largest absolute Gasteiger partial charge is 0.477 e. The average Bonchev–Trinajstić information content (AvgIpc) is 1.96. The molecule has 0 aliphatic heterocycles. The van der Waals surface area contributed by atoms with Gasteiger partial charge in [0.1, 0.15) is 5.70 Å². The van der Waals surface area contributed by atoms with Gasteiger partial charge in [0, 0.05) is 6.92 Å². The highest BCUT2D eigenvalue weighted by Gasteiger charge is 2.07. The van der Waals surface area contributed by atoms with E-state index in [1.54, 1.807) is 0 Å². The molecule has 0 radical (unpaired) electrons. The Labute approximate surface area is 77.6 Å². The summed E-state index contributed by atoms with van der Waals surface area (Å²) in [4.78, 5) is 21.2. The highest BCUT2D eigenvalue weighted by atomic mass is 16.4. The number of aliphatic carboxylic acids is 1. The number of carbonyl (C=O) groups excluding carboxylic acids is 1. The predicted molar refractivity (Wildman–Crippen MR) is 49.0 cm³/mol. The zero-order chi connectivity index (χ0) is 10.4. The number of amides is 1. The van der Waals surface area contributed by atoms with Gasteiger partial charge in [-0.25, -0.2) is 4.79 Å². The second-order valence-electron chi connectivity index (χ2n) is 3.23. The smallest absolute Gasteiger partial charge is 0.352 e. The number of hydrogen-bond acceptors (Lipinski definition) is 2. The van der Waals surface area contributed by atoms with Gasteiger partial charge in [-0.2, -0.15) is 0 Å².